The van der Waals surface area contributed by atoms with Crippen LogP contribution in [0.3, 0.4) is 0 Å². The van der Waals surface area contributed by atoms with Gasteiger partial charge in [-0.15, -0.1) is 0 Å². The molecule has 0 saturated heterocycles. The summed E-state index contributed by atoms with van der Waals surface area (Å²) in [6.07, 6.45) is 1.28. The highest BCUT2D eigenvalue weighted by atomic mass is 19.4. The van der Waals surface area contributed by atoms with Crippen molar-refractivity contribution in [3.8, 4) is 11.4 Å². The lowest BCUT2D eigenvalue weighted by Crippen LogP contribution is -2.38. The van der Waals surface area contributed by atoms with Crippen molar-refractivity contribution in [2.75, 3.05) is 33.1 Å². The number of carbonyl (C=O) groups excluding carboxylic acids is 1. The fraction of sp³-hybridized carbons (Fsp3) is 0.438. The molecule has 0 spiro atoms. The van der Waals surface area contributed by atoms with Crippen LogP contribution in [0.2, 0.25) is 0 Å². The molecule has 2 heterocycles. The van der Waals surface area contributed by atoms with Crippen LogP contribution in [-0.4, -0.2) is 64.2 Å². The number of nitrogens with zero attached hydrogens (tertiary/aromatic N) is 5. The molecular formula is C32H37F3N6O2. The molecule has 0 bridgehead atoms. The van der Waals surface area contributed by atoms with Crippen molar-refractivity contribution in [2.45, 2.75) is 57.8 Å². The number of imidazole rings is 1. The molecule has 2 aromatic heterocycles. The monoisotopic (exact) mass is 594 g/mol. The molecular weight excluding hydrogens is 557 g/mol. The zero-order chi connectivity index (χ0) is 30.7. The van der Waals surface area contributed by atoms with Gasteiger partial charge in [0.15, 0.2) is 11.5 Å². The van der Waals surface area contributed by atoms with Crippen molar-refractivity contribution in [3.05, 3.63) is 71.0 Å². The fourth-order valence-electron chi connectivity index (χ4n) is 5.74. The van der Waals surface area contributed by atoms with E-state index in [1.165, 1.54) is 38.5 Å². The zero-order valence-corrected chi connectivity index (χ0v) is 24.9. The van der Waals surface area contributed by atoms with Gasteiger partial charge in [0.05, 0.1) is 12.7 Å². The van der Waals surface area contributed by atoms with Gasteiger partial charge in [0.1, 0.15) is 11.3 Å². The van der Waals surface area contributed by atoms with Gasteiger partial charge < -0.3 is 19.5 Å². The maximum atomic E-state index is 13.2. The number of esters is 1. The Morgan fingerprint density at radius 2 is 1.86 bits per heavy atom. The van der Waals surface area contributed by atoms with Gasteiger partial charge >= 0.3 is 12.1 Å². The van der Waals surface area contributed by atoms with E-state index in [0.717, 1.165) is 36.1 Å². The molecule has 1 saturated carbocycles. The van der Waals surface area contributed by atoms with Crippen LogP contribution in [-0.2, 0) is 17.5 Å². The van der Waals surface area contributed by atoms with Crippen molar-refractivity contribution < 1.29 is 22.7 Å². The van der Waals surface area contributed by atoms with Crippen LogP contribution in [0.4, 0.5) is 19.0 Å². The molecule has 228 valence electrons. The van der Waals surface area contributed by atoms with Crippen molar-refractivity contribution >= 4 is 23.0 Å². The number of aromatic nitrogens is 4. The number of nitrogens with one attached hydrogen (secondary N) is 1. The Bertz CT molecular complexity index is 1580. The summed E-state index contributed by atoms with van der Waals surface area (Å²) in [7, 11) is 5.52. The number of hydrogen-bond donors (Lipinski definition) is 1. The summed E-state index contributed by atoms with van der Waals surface area (Å²) in [5, 5.41) is 3.42. The smallest absolute Gasteiger partial charge is 0.416 e. The summed E-state index contributed by atoms with van der Waals surface area (Å²) in [6, 6.07) is 13.4. The molecule has 5 rings (SSSR count). The first kappa shape index (κ1) is 30.5. The maximum Gasteiger partial charge on any atom is 0.416 e. The zero-order valence-electron chi connectivity index (χ0n) is 24.9. The topological polar surface area (TPSA) is 85.2 Å². The van der Waals surface area contributed by atoms with E-state index in [1.54, 1.807) is 0 Å². The van der Waals surface area contributed by atoms with Crippen LogP contribution in [0.15, 0.2) is 48.5 Å². The number of benzene rings is 2. The number of hydrogen-bond acceptors (Lipinski definition) is 7. The third-order valence-electron chi connectivity index (χ3n) is 8.20. The lowest BCUT2D eigenvalue weighted by molar-refractivity contribution is -0.137. The summed E-state index contributed by atoms with van der Waals surface area (Å²) in [6.45, 7) is 2.80. The van der Waals surface area contributed by atoms with Gasteiger partial charge in [-0.25, -0.2) is 19.7 Å². The number of methoxy groups -OCH3 is 1. The summed E-state index contributed by atoms with van der Waals surface area (Å²) in [5.74, 6) is 0.906. The van der Waals surface area contributed by atoms with Crippen LogP contribution in [0, 0.1) is 12.8 Å². The minimum Gasteiger partial charge on any atom is -0.463 e. The van der Waals surface area contributed by atoms with E-state index in [9.17, 15) is 18.0 Å². The van der Waals surface area contributed by atoms with Crippen LogP contribution < -0.4 is 5.32 Å². The van der Waals surface area contributed by atoms with Gasteiger partial charge in [-0.2, -0.15) is 13.2 Å². The first-order chi connectivity index (χ1) is 20.5. The van der Waals surface area contributed by atoms with E-state index in [-0.39, 0.29) is 12.4 Å². The Labute approximate surface area is 249 Å². The van der Waals surface area contributed by atoms with Crippen LogP contribution in [0.5, 0.6) is 0 Å². The molecule has 0 amide bonds. The molecule has 43 heavy (non-hydrogen) atoms. The third-order valence-corrected chi connectivity index (χ3v) is 8.20. The van der Waals surface area contributed by atoms with E-state index < -0.39 is 17.7 Å². The molecule has 11 heteroatoms. The number of alkyl halides is 3. The molecule has 1 fully saturated rings. The highest BCUT2D eigenvalue weighted by Crippen LogP contribution is 2.34. The molecule has 0 radical (unpaired) electrons. The summed E-state index contributed by atoms with van der Waals surface area (Å²) in [5.41, 5.74) is 2.63. The van der Waals surface area contributed by atoms with Gasteiger partial charge in [-0.05, 0) is 76.4 Å². The Morgan fingerprint density at radius 1 is 1.12 bits per heavy atom. The SMILES string of the molecule is COC(=O)c1nc(NCCCC(C2CCC2)N(C)C)c2c(n1)nc(-c1cccc(C)c1)n2Cc1ccc(C(F)(F)F)cc1. The number of fused-ring (bicyclic) bond motifs is 1. The number of carbonyl (C=O) groups is 1. The first-order valence-corrected chi connectivity index (χ1v) is 14.5. The second kappa shape index (κ2) is 12.7. The Morgan fingerprint density at radius 3 is 2.47 bits per heavy atom. The summed E-state index contributed by atoms with van der Waals surface area (Å²) < 4.78 is 46.5. The standard InChI is InChI=1S/C32H37F3N6O2/c1-20-8-5-11-23(18-20)30-39-28-26(41(30)19-21-13-15-24(16-14-21)32(33,34)35)27(37-29(38-28)31(42)43-4)36-17-7-12-25(40(2)3)22-9-6-10-22/h5,8,11,13-16,18,22,25H,6-7,9-10,12,17,19H2,1-4H3,(H,36,37,38). The van der Waals surface area contributed by atoms with E-state index in [4.69, 9.17) is 9.72 Å². The van der Waals surface area contributed by atoms with Gasteiger partial charge in [-0.3, -0.25) is 0 Å². The third kappa shape index (κ3) is 6.82. The predicted octanol–water partition coefficient (Wildman–Crippen LogP) is 6.58. The summed E-state index contributed by atoms with van der Waals surface area (Å²) >= 11 is 0. The van der Waals surface area contributed by atoms with Crippen LogP contribution >= 0.6 is 0 Å². The maximum absolute atomic E-state index is 13.2. The van der Waals surface area contributed by atoms with Crippen molar-refractivity contribution in [1.82, 2.24) is 24.4 Å². The van der Waals surface area contributed by atoms with Gasteiger partial charge in [0.25, 0.3) is 0 Å². The summed E-state index contributed by atoms with van der Waals surface area (Å²) in [4.78, 5) is 28.6. The number of aryl methyl sites for hydroxylation is 1. The van der Waals surface area contributed by atoms with Gasteiger partial charge in [-0.1, -0.05) is 42.3 Å². The number of ether oxygens (including phenoxy) is 1. The Balaban J connectivity index is 1.54. The minimum atomic E-state index is -4.42. The lowest BCUT2D eigenvalue weighted by Gasteiger charge is -2.38. The second-order valence-electron chi connectivity index (χ2n) is 11.4. The highest BCUT2D eigenvalue weighted by Gasteiger charge is 2.30. The minimum absolute atomic E-state index is 0.117. The molecule has 1 N–H and O–H groups in total. The van der Waals surface area contributed by atoms with E-state index in [2.05, 4.69) is 34.3 Å². The van der Waals surface area contributed by atoms with Gasteiger partial charge in [0, 0.05) is 24.7 Å². The molecule has 1 aliphatic rings. The fourth-order valence-corrected chi connectivity index (χ4v) is 5.74. The molecule has 1 atom stereocenters. The van der Waals surface area contributed by atoms with Gasteiger partial charge in [0.2, 0.25) is 5.82 Å². The van der Waals surface area contributed by atoms with Crippen LogP contribution in [0.25, 0.3) is 22.6 Å². The van der Waals surface area contributed by atoms with E-state index in [1.807, 2.05) is 35.8 Å². The quantitative estimate of drug-likeness (QED) is 0.155. The molecule has 0 aliphatic heterocycles. The lowest BCUT2D eigenvalue weighted by atomic mass is 9.77. The number of halogens is 3. The van der Waals surface area contributed by atoms with E-state index >= 15 is 0 Å². The van der Waals surface area contributed by atoms with E-state index in [0.29, 0.717) is 46.9 Å². The molecule has 1 aliphatic carbocycles. The highest BCUT2D eigenvalue weighted by molar-refractivity contribution is 5.93. The molecule has 4 aromatic rings. The predicted molar refractivity (Wildman–Crippen MR) is 160 cm³/mol. The van der Waals surface area contributed by atoms with Crippen molar-refractivity contribution in [3.63, 3.8) is 0 Å². The molecule has 2 aromatic carbocycles. The Kier molecular flexibility index (Phi) is 9.00. The molecule has 8 nitrogen and oxygen atoms in total. The Hall–Kier alpha value is -3.99. The number of rotatable bonds is 11. The van der Waals surface area contributed by atoms with Crippen LogP contribution in [0.1, 0.15) is 59.4 Å². The second-order valence-corrected chi connectivity index (χ2v) is 11.4. The average Bonchev–Trinajstić information content (AvgIpc) is 3.31. The first-order valence-electron chi connectivity index (χ1n) is 14.5. The van der Waals surface area contributed by atoms with Crippen molar-refractivity contribution in [1.29, 1.82) is 0 Å². The largest absolute Gasteiger partial charge is 0.463 e. The average molecular weight is 595 g/mol. The normalized spacial score (nSPS) is 14.6. The van der Waals surface area contributed by atoms with Crippen molar-refractivity contribution in [2.24, 2.45) is 5.92 Å². The number of anilines is 1. The molecule has 1 unspecified atom stereocenters.